The van der Waals surface area contributed by atoms with Crippen molar-refractivity contribution in [3.63, 3.8) is 0 Å². The van der Waals surface area contributed by atoms with Crippen molar-refractivity contribution in [1.82, 2.24) is 0 Å². The molecule has 0 aliphatic rings. The quantitative estimate of drug-likeness (QED) is 0.261. The number of hydrogen-bond acceptors (Lipinski definition) is 3. The van der Waals surface area contributed by atoms with E-state index in [1.54, 1.807) is 6.08 Å². The molecule has 103 valence electrons. The minimum absolute atomic E-state index is 0. The molecule has 0 saturated carbocycles. The Bertz CT molecular complexity index is 536. The second-order valence-corrected chi connectivity index (χ2v) is 4.09. The predicted molar refractivity (Wildman–Crippen MR) is 67.9 cm³/mol. The van der Waals surface area contributed by atoms with Gasteiger partial charge in [0.1, 0.15) is 5.78 Å². The number of allylic oxidation sites excluding steroid dienone is 1. The number of carbonyl (C=O) groups excluding carboxylic acids is 3. The SMILES string of the molecule is CC(=O)C(=O)CC(=O)/C=C/c1[c-]c(C)[c-]cc1C.[W].[Y]. The Kier molecular flexibility index (Phi) is 11.6. The van der Waals surface area contributed by atoms with Crippen molar-refractivity contribution in [3.8, 4) is 0 Å². The Hall–Kier alpha value is -0.238. The largest absolute Gasteiger partial charge is 0.296 e. The van der Waals surface area contributed by atoms with E-state index in [2.05, 4.69) is 12.1 Å². The maximum absolute atomic E-state index is 11.4. The van der Waals surface area contributed by atoms with Gasteiger partial charge in [-0.2, -0.15) is 0 Å². The first kappa shape index (κ1) is 22.1. The molecule has 20 heavy (non-hydrogen) atoms. The van der Waals surface area contributed by atoms with Crippen LogP contribution in [-0.4, -0.2) is 17.3 Å². The molecule has 0 aromatic heterocycles. The summed E-state index contributed by atoms with van der Waals surface area (Å²) in [5.74, 6) is -1.64. The number of carbonyl (C=O) groups is 3. The summed E-state index contributed by atoms with van der Waals surface area (Å²) < 4.78 is 0. The van der Waals surface area contributed by atoms with Gasteiger partial charge in [-0.3, -0.25) is 32.1 Å². The number of ketones is 3. The normalized spacial score (nSPS) is 9.55. The molecule has 0 fully saturated rings. The first-order valence-corrected chi connectivity index (χ1v) is 5.56. The van der Waals surface area contributed by atoms with Gasteiger partial charge in [0.25, 0.3) is 0 Å². The van der Waals surface area contributed by atoms with Crippen LogP contribution in [0.5, 0.6) is 0 Å². The molecule has 0 bridgehead atoms. The van der Waals surface area contributed by atoms with Gasteiger partial charge >= 0.3 is 0 Å². The third kappa shape index (κ3) is 7.52. The summed E-state index contributed by atoms with van der Waals surface area (Å²) in [6.07, 6.45) is 2.54. The van der Waals surface area contributed by atoms with Gasteiger partial charge in [-0.25, -0.2) is 23.3 Å². The molecule has 1 rings (SSSR count). The van der Waals surface area contributed by atoms with Crippen molar-refractivity contribution in [3.05, 3.63) is 41.0 Å². The molecule has 0 heterocycles. The first-order valence-electron chi connectivity index (χ1n) is 5.56. The Morgan fingerprint density at radius 2 is 1.85 bits per heavy atom. The fourth-order valence-corrected chi connectivity index (χ4v) is 1.32. The third-order valence-corrected chi connectivity index (χ3v) is 2.42. The van der Waals surface area contributed by atoms with Crippen LogP contribution in [0.1, 0.15) is 30.0 Å². The van der Waals surface area contributed by atoms with E-state index in [9.17, 15) is 14.4 Å². The average Bonchev–Trinajstić information content (AvgIpc) is 2.30. The zero-order chi connectivity index (χ0) is 13.7. The number of aryl methyl sites for hydroxylation is 2. The molecule has 0 spiro atoms. The van der Waals surface area contributed by atoms with Crippen LogP contribution in [0.15, 0.2) is 12.1 Å². The predicted octanol–water partition coefficient (Wildman–Crippen LogP) is 2.03. The van der Waals surface area contributed by atoms with Crippen LogP contribution in [0.3, 0.4) is 0 Å². The van der Waals surface area contributed by atoms with Crippen LogP contribution in [0, 0.1) is 26.0 Å². The van der Waals surface area contributed by atoms with Crippen molar-refractivity contribution >= 4 is 23.4 Å². The second-order valence-electron chi connectivity index (χ2n) is 4.09. The summed E-state index contributed by atoms with van der Waals surface area (Å²) >= 11 is 0. The van der Waals surface area contributed by atoms with E-state index in [-0.39, 0.29) is 66.0 Å². The van der Waals surface area contributed by atoms with Crippen molar-refractivity contribution in [1.29, 1.82) is 0 Å². The number of hydrogen-bond donors (Lipinski definition) is 0. The molecule has 0 atom stereocenters. The average molecular weight is 515 g/mol. The first-order chi connectivity index (χ1) is 8.40. The standard InChI is InChI=1S/C15H14O3.W.Y/c1-10-4-5-11(2)13(8-10)6-7-14(17)9-15(18)12(3)16;;/h5-7H,9H2,1-3H3;;/q-2;;/b7-6+;;. The van der Waals surface area contributed by atoms with Gasteiger partial charge in [0.15, 0.2) is 5.78 Å². The molecule has 0 unspecified atom stereocenters. The summed E-state index contributed by atoms with van der Waals surface area (Å²) in [5, 5.41) is 0. The Morgan fingerprint density at radius 1 is 1.25 bits per heavy atom. The molecule has 0 aliphatic carbocycles. The zero-order valence-electron chi connectivity index (χ0n) is 11.6. The Morgan fingerprint density at radius 3 is 2.40 bits per heavy atom. The van der Waals surface area contributed by atoms with Gasteiger partial charge in [-0.15, -0.1) is 13.0 Å². The molecule has 1 radical (unpaired) electrons. The molecular formula is C15H14O3WY-2. The minimum atomic E-state index is -0.664. The topological polar surface area (TPSA) is 51.2 Å². The zero-order valence-corrected chi connectivity index (χ0v) is 17.4. The maximum atomic E-state index is 11.4. The number of Topliss-reactive ketones (excluding diaryl/α,β-unsaturated/α-hetero) is 2. The fourth-order valence-electron chi connectivity index (χ4n) is 1.32. The van der Waals surface area contributed by atoms with E-state index < -0.39 is 11.6 Å². The summed E-state index contributed by atoms with van der Waals surface area (Å²) in [6, 6.07) is 7.88. The van der Waals surface area contributed by atoms with Crippen molar-refractivity contribution in [2.75, 3.05) is 0 Å². The van der Waals surface area contributed by atoms with Crippen LogP contribution in [0.2, 0.25) is 0 Å². The Balaban J connectivity index is 0. The van der Waals surface area contributed by atoms with Crippen LogP contribution in [-0.2, 0) is 68.2 Å². The minimum Gasteiger partial charge on any atom is -0.296 e. The van der Waals surface area contributed by atoms with Gasteiger partial charge in [0, 0.05) is 60.7 Å². The van der Waals surface area contributed by atoms with Crippen molar-refractivity contribution in [2.45, 2.75) is 27.2 Å². The molecule has 3 nitrogen and oxygen atoms in total. The van der Waals surface area contributed by atoms with E-state index in [0.29, 0.717) is 0 Å². The Labute approximate surface area is 158 Å². The van der Waals surface area contributed by atoms with E-state index >= 15 is 0 Å². The number of benzene rings is 1. The summed E-state index contributed by atoms with van der Waals surface area (Å²) in [7, 11) is 0. The molecule has 0 amide bonds. The summed E-state index contributed by atoms with van der Waals surface area (Å²) in [6.45, 7) is 4.91. The van der Waals surface area contributed by atoms with E-state index in [0.717, 1.165) is 23.6 Å². The number of rotatable bonds is 5. The monoisotopic (exact) mass is 515 g/mol. The van der Waals surface area contributed by atoms with Gasteiger partial charge < -0.3 is 0 Å². The van der Waals surface area contributed by atoms with Gasteiger partial charge in [-0.1, -0.05) is 6.92 Å². The van der Waals surface area contributed by atoms with E-state index in [1.165, 1.54) is 6.08 Å². The van der Waals surface area contributed by atoms with Crippen LogP contribution >= 0.6 is 0 Å². The molecule has 1 aromatic rings. The molecule has 0 N–H and O–H groups in total. The van der Waals surface area contributed by atoms with Crippen LogP contribution < -0.4 is 0 Å². The maximum Gasteiger partial charge on any atom is 0.205 e. The summed E-state index contributed by atoms with van der Waals surface area (Å²) in [5.41, 5.74) is 2.59. The summed E-state index contributed by atoms with van der Waals surface area (Å²) in [4.78, 5) is 33.2. The molecule has 1 aromatic carbocycles. The molecular weight excluding hydrogens is 501 g/mol. The molecule has 0 aliphatic heterocycles. The van der Waals surface area contributed by atoms with E-state index in [1.807, 2.05) is 19.9 Å². The van der Waals surface area contributed by atoms with E-state index in [4.69, 9.17) is 0 Å². The van der Waals surface area contributed by atoms with Gasteiger partial charge in [0.05, 0.1) is 6.42 Å². The fraction of sp³-hybridized carbons (Fsp3) is 0.267. The molecule has 0 saturated heterocycles. The smallest absolute Gasteiger partial charge is 0.205 e. The third-order valence-electron chi connectivity index (χ3n) is 2.42. The van der Waals surface area contributed by atoms with Crippen LogP contribution in [0.25, 0.3) is 6.08 Å². The molecule has 5 heteroatoms. The second kappa shape index (κ2) is 10.5. The van der Waals surface area contributed by atoms with Crippen LogP contribution in [0.4, 0.5) is 0 Å². The van der Waals surface area contributed by atoms with Crippen molar-refractivity contribution < 1.29 is 68.2 Å². The van der Waals surface area contributed by atoms with Crippen molar-refractivity contribution in [2.24, 2.45) is 0 Å². The van der Waals surface area contributed by atoms with Gasteiger partial charge in [0.2, 0.25) is 5.78 Å². The van der Waals surface area contributed by atoms with Gasteiger partial charge in [-0.05, 0) is 0 Å².